The number of nitrogens with zero attached hydrogens (tertiary/aromatic N) is 5. The summed E-state index contributed by atoms with van der Waals surface area (Å²) < 4.78 is 5.74. The summed E-state index contributed by atoms with van der Waals surface area (Å²) in [6.45, 7) is 5.32. The maximum absolute atomic E-state index is 12.3. The van der Waals surface area contributed by atoms with Crippen LogP contribution in [-0.4, -0.2) is 79.4 Å². The Morgan fingerprint density at radius 2 is 1.97 bits per heavy atom. The van der Waals surface area contributed by atoms with Gasteiger partial charge in [0.25, 0.3) is 0 Å². The van der Waals surface area contributed by atoms with Crippen molar-refractivity contribution in [3.63, 3.8) is 0 Å². The molecule has 39 heavy (non-hydrogen) atoms. The predicted molar refractivity (Wildman–Crippen MR) is 157 cm³/mol. The molecule has 0 bridgehead atoms. The van der Waals surface area contributed by atoms with Crippen LogP contribution >= 0.6 is 0 Å². The number of anilines is 5. The van der Waals surface area contributed by atoms with Crippen molar-refractivity contribution in [2.24, 2.45) is 0 Å². The first-order chi connectivity index (χ1) is 18.9. The number of nitrogens with one attached hydrogen (secondary N) is 4. The summed E-state index contributed by atoms with van der Waals surface area (Å²) in [7, 11) is 7.59. The zero-order valence-electron chi connectivity index (χ0n) is 22.8. The molecule has 1 aromatic carbocycles. The van der Waals surface area contributed by atoms with Gasteiger partial charge in [0.1, 0.15) is 11.6 Å². The average molecular weight is 530 g/mol. The van der Waals surface area contributed by atoms with Crippen LogP contribution in [0, 0.1) is 5.41 Å². The molecule has 1 amide bonds. The number of aromatic nitrogens is 3. The summed E-state index contributed by atoms with van der Waals surface area (Å²) in [5.41, 5.74) is 4.17. The number of ether oxygens (including phenoxy) is 1. The van der Waals surface area contributed by atoms with Crippen molar-refractivity contribution in [3.05, 3.63) is 54.9 Å². The molecule has 0 spiro atoms. The molecule has 0 unspecified atom stereocenters. The van der Waals surface area contributed by atoms with Gasteiger partial charge in [0.2, 0.25) is 11.9 Å². The first-order valence-electron chi connectivity index (χ1n) is 12.7. The Morgan fingerprint density at radius 1 is 1.21 bits per heavy atom. The second-order valence-electron chi connectivity index (χ2n) is 9.39. The highest BCUT2D eigenvalue weighted by atomic mass is 16.5. The molecule has 1 aliphatic heterocycles. The SMILES string of the molecule is C=CC(=O)Nc1cc(Nc2nccc(-c3cnc(NC)c(C=N)c3)n2)c(OC)cc1N1CCC(N(C)C)CC1. The van der Waals surface area contributed by atoms with Crippen LogP contribution in [0.25, 0.3) is 11.3 Å². The van der Waals surface area contributed by atoms with E-state index in [1.807, 2.05) is 18.2 Å². The van der Waals surface area contributed by atoms with Gasteiger partial charge in [-0.1, -0.05) is 6.58 Å². The van der Waals surface area contributed by atoms with Crippen molar-refractivity contribution in [3.8, 4) is 17.0 Å². The molecule has 1 fully saturated rings. The van der Waals surface area contributed by atoms with Crippen LogP contribution in [0.2, 0.25) is 0 Å². The summed E-state index contributed by atoms with van der Waals surface area (Å²) in [6, 6.07) is 7.91. The van der Waals surface area contributed by atoms with Crippen molar-refractivity contribution >= 4 is 41.0 Å². The van der Waals surface area contributed by atoms with Gasteiger partial charge in [-0.05, 0) is 51.2 Å². The molecule has 4 N–H and O–H groups in total. The van der Waals surface area contributed by atoms with Gasteiger partial charge in [-0.2, -0.15) is 0 Å². The fourth-order valence-electron chi connectivity index (χ4n) is 4.65. The molecule has 3 heterocycles. The van der Waals surface area contributed by atoms with E-state index in [0.29, 0.717) is 46.2 Å². The number of rotatable bonds is 10. The number of hydrogen-bond acceptors (Lipinski definition) is 10. The predicted octanol–water partition coefficient (Wildman–Crippen LogP) is 3.99. The fraction of sp³-hybridized carbons (Fsp3) is 0.321. The lowest BCUT2D eigenvalue weighted by Gasteiger charge is -2.37. The number of pyridine rings is 1. The Balaban J connectivity index is 1.66. The number of piperidine rings is 1. The third-order valence-electron chi connectivity index (χ3n) is 6.80. The van der Waals surface area contributed by atoms with Gasteiger partial charge in [-0.25, -0.2) is 15.0 Å². The van der Waals surface area contributed by atoms with E-state index >= 15 is 0 Å². The second kappa shape index (κ2) is 12.4. The third-order valence-corrected chi connectivity index (χ3v) is 6.80. The number of benzene rings is 1. The first-order valence-corrected chi connectivity index (χ1v) is 12.7. The van der Waals surface area contributed by atoms with E-state index in [1.54, 1.807) is 32.6 Å². The molecule has 3 aromatic rings. The Labute approximate surface area is 228 Å². The normalized spacial score (nSPS) is 13.6. The molecule has 1 aliphatic rings. The third kappa shape index (κ3) is 6.32. The Bertz CT molecular complexity index is 1350. The molecule has 11 nitrogen and oxygen atoms in total. The fourth-order valence-corrected chi connectivity index (χ4v) is 4.65. The van der Waals surface area contributed by atoms with Crippen molar-refractivity contribution in [1.29, 1.82) is 5.41 Å². The largest absolute Gasteiger partial charge is 0.494 e. The average Bonchev–Trinajstić information content (AvgIpc) is 2.97. The maximum Gasteiger partial charge on any atom is 0.247 e. The van der Waals surface area contributed by atoms with Gasteiger partial charge >= 0.3 is 0 Å². The summed E-state index contributed by atoms with van der Waals surface area (Å²) in [5, 5.41) is 16.8. The molecule has 4 rings (SSSR count). The van der Waals surface area contributed by atoms with E-state index < -0.39 is 0 Å². The van der Waals surface area contributed by atoms with Gasteiger partial charge in [0.15, 0.2) is 0 Å². The molecule has 0 saturated carbocycles. The van der Waals surface area contributed by atoms with E-state index in [-0.39, 0.29) is 5.91 Å². The Kier molecular flexibility index (Phi) is 8.72. The highest BCUT2D eigenvalue weighted by Crippen LogP contribution is 2.39. The van der Waals surface area contributed by atoms with Crippen LogP contribution in [0.4, 0.5) is 28.8 Å². The van der Waals surface area contributed by atoms with Gasteiger partial charge in [-0.3, -0.25) is 4.79 Å². The molecule has 1 saturated heterocycles. The smallest absolute Gasteiger partial charge is 0.247 e. The van der Waals surface area contributed by atoms with Gasteiger partial charge < -0.3 is 35.9 Å². The molecular formula is C28H35N9O2. The first kappa shape index (κ1) is 27.5. The highest BCUT2D eigenvalue weighted by molar-refractivity contribution is 6.02. The maximum atomic E-state index is 12.3. The Morgan fingerprint density at radius 3 is 2.62 bits per heavy atom. The van der Waals surface area contributed by atoms with E-state index in [4.69, 9.17) is 10.1 Å². The molecule has 0 atom stereocenters. The van der Waals surface area contributed by atoms with E-state index in [0.717, 1.165) is 37.2 Å². The number of carbonyl (C=O) groups excluding carboxylic acids is 1. The molecule has 204 valence electrons. The van der Waals surface area contributed by atoms with Crippen LogP contribution in [0.15, 0.2) is 49.3 Å². The molecule has 0 radical (unpaired) electrons. The van der Waals surface area contributed by atoms with Crippen LogP contribution < -0.4 is 25.6 Å². The molecule has 0 aliphatic carbocycles. The lowest BCUT2D eigenvalue weighted by molar-refractivity contribution is -0.111. The standard InChI is InChI=1S/C28H35N9O2/c1-6-26(38)33-22-14-23(25(39-5)15-24(22)37-11-8-20(9-12-37)36(3)4)35-28-31-10-7-21(34-28)19-13-18(16-29)27(30-2)32-17-19/h6-7,10,13-17,20,29H,1,8-9,11-12H2,2-5H3,(H,30,32)(H,33,38)(H,31,34,35). The number of methoxy groups -OCH3 is 1. The van der Waals surface area contributed by atoms with Crippen LogP contribution in [0.5, 0.6) is 5.75 Å². The second-order valence-corrected chi connectivity index (χ2v) is 9.39. The van der Waals surface area contributed by atoms with Crippen molar-refractivity contribution in [2.45, 2.75) is 18.9 Å². The lowest BCUT2D eigenvalue weighted by atomic mass is 10.0. The number of hydrogen-bond donors (Lipinski definition) is 4. The quantitative estimate of drug-likeness (QED) is 0.227. The van der Waals surface area contributed by atoms with E-state index in [2.05, 4.69) is 61.4 Å². The minimum absolute atomic E-state index is 0.298. The molecule has 2 aromatic heterocycles. The summed E-state index contributed by atoms with van der Waals surface area (Å²) in [4.78, 5) is 30.3. The van der Waals surface area contributed by atoms with E-state index in [9.17, 15) is 4.79 Å². The van der Waals surface area contributed by atoms with Crippen molar-refractivity contribution < 1.29 is 9.53 Å². The van der Waals surface area contributed by atoms with Gasteiger partial charge in [0.05, 0.1) is 29.9 Å². The van der Waals surface area contributed by atoms with Crippen molar-refractivity contribution in [2.75, 3.05) is 62.2 Å². The van der Waals surface area contributed by atoms with Crippen LogP contribution in [0.3, 0.4) is 0 Å². The number of amides is 1. The minimum atomic E-state index is -0.298. The summed E-state index contributed by atoms with van der Waals surface area (Å²) in [5.74, 6) is 1.26. The topological polar surface area (TPSA) is 131 Å². The minimum Gasteiger partial charge on any atom is -0.494 e. The van der Waals surface area contributed by atoms with Gasteiger partial charge in [0, 0.05) is 62.0 Å². The van der Waals surface area contributed by atoms with Crippen molar-refractivity contribution in [1.82, 2.24) is 19.9 Å². The zero-order chi connectivity index (χ0) is 27.9. The molecule has 11 heteroatoms. The van der Waals surface area contributed by atoms with E-state index in [1.165, 1.54) is 12.3 Å². The Hall–Kier alpha value is -4.51. The monoisotopic (exact) mass is 529 g/mol. The highest BCUT2D eigenvalue weighted by Gasteiger charge is 2.24. The molecular weight excluding hydrogens is 494 g/mol. The summed E-state index contributed by atoms with van der Waals surface area (Å²) in [6.07, 6.45) is 7.89. The van der Waals surface area contributed by atoms with Crippen LogP contribution in [0.1, 0.15) is 18.4 Å². The zero-order valence-corrected chi connectivity index (χ0v) is 22.8. The summed E-state index contributed by atoms with van der Waals surface area (Å²) >= 11 is 0. The lowest BCUT2D eigenvalue weighted by Crippen LogP contribution is -2.42. The van der Waals surface area contributed by atoms with Crippen LogP contribution in [-0.2, 0) is 4.79 Å². The number of carbonyl (C=O) groups is 1. The van der Waals surface area contributed by atoms with Gasteiger partial charge in [-0.15, -0.1) is 0 Å².